The number of anilines is 3. The van der Waals surface area contributed by atoms with Crippen LogP contribution in [-0.4, -0.2) is 9.97 Å². The molecule has 0 bridgehead atoms. The van der Waals surface area contributed by atoms with E-state index in [2.05, 4.69) is 31.2 Å². The summed E-state index contributed by atoms with van der Waals surface area (Å²) in [6.45, 7) is 2.04. The number of aryl methyl sites for hydroxylation is 1. The molecule has 0 fully saturated rings. The number of nitrogen functional groups attached to an aromatic ring is 1. The summed E-state index contributed by atoms with van der Waals surface area (Å²) in [5, 5.41) is 3.15. The van der Waals surface area contributed by atoms with Crippen LogP contribution in [0.15, 0.2) is 35.1 Å². The van der Waals surface area contributed by atoms with Crippen molar-refractivity contribution < 1.29 is 0 Å². The second kappa shape index (κ2) is 4.49. The maximum Gasteiger partial charge on any atom is 0.135 e. The Balaban J connectivity index is 2.24. The quantitative estimate of drug-likeness (QED) is 0.887. The maximum atomic E-state index is 5.57. The molecule has 16 heavy (non-hydrogen) atoms. The number of rotatable bonds is 2. The molecule has 0 aliphatic carbocycles. The first kappa shape index (κ1) is 10.9. The van der Waals surface area contributed by atoms with Gasteiger partial charge in [-0.1, -0.05) is 22.0 Å². The van der Waals surface area contributed by atoms with Gasteiger partial charge in [-0.2, -0.15) is 0 Å². The molecule has 2 rings (SSSR count). The minimum absolute atomic E-state index is 0.448. The van der Waals surface area contributed by atoms with Gasteiger partial charge in [0.25, 0.3) is 0 Å². The Kier molecular flexibility index (Phi) is 3.05. The van der Waals surface area contributed by atoms with Crippen LogP contribution in [0.1, 0.15) is 5.56 Å². The van der Waals surface area contributed by atoms with Gasteiger partial charge in [0.2, 0.25) is 0 Å². The summed E-state index contributed by atoms with van der Waals surface area (Å²) in [6, 6.07) is 7.69. The van der Waals surface area contributed by atoms with Crippen molar-refractivity contribution >= 4 is 33.3 Å². The number of benzene rings is 1. The van der Waals surface area contributed by atoms with Gasteiger partial charge in [-0.15, -0.1) is 0 Å². The molecule has 0 amide bonds. The van der Waals surface area contributed by atoms with Crippen molar-refractivity contribution in [1.82, 2.24) is 9.97 Å². The molecule has 0 saturated carbocycles. The summed E-state index contributed by atoms with van der Waals surface area (Å²) >= 11 is 3.48. The van der Waals surface area contributed by atoms with Crippen molar-refractivity contribution in [1.29, 1.82) is 0 Å². The number of nitrogens with zero attached hydrogens (tertiary/aromatic N) is 2. The molecule has 1 heterocycles. The largest absolute Gasteiger partial charge is 0.384 e. The number of hydrogen-bond acceptors (Lipinski definition) is 4. The van der Waals surface area contributed by atoms with Crippen LogP contribution in [0, 0.1) is 6.92 Å². The van der Waals surface area contributed by atoms with Crippen LogP contribution in [0.5, 0.6) is 0 Å². The predicted octanol–water partition coefficient (Wildman–Crippen LogP) is 2.87. The number of aromatic nitrogens is 2. The molecule has 0 unspecified atom stereocenters. The van der Waals surface area contributed by atoms with Crippen LogP contribution < -0.4 is 11.1 Å². The fourth-order valence-electron chi connectivity index (χ4n) is 1.26. The lowest BCUT2D eigenvalue weighted by molar-refractivity contribution is 1.17. The number of nitrogens with two attached hydrogens (primary N) is 1. The van der Waals surface area contributed by atoms with E-state index in [4.69, 9.17) is 5.73 Å². The summed E-state index contributed by atoms with van der Waals surface area (Å²) in [5.41, 5.74) is 7.71. The molecule has 82 valence electrons. The van der Waals surface area contributed by atoms with Crippen molar-refractivity contribution in [2.24, 2.45) is 0 Å². The van der Waals surface area contributed by atoms with Crippen LogP contribution in [0.4, 0.5) is 17.3 Å². The normalized spacial score (nSPS) is 10.1. The van der Waals surface area contributed by atoms with Crippen LogP contribution in [-0.2, 0) is 0 Å². The van der Waals surface area contributed by atoms with E-state index in [1.807, 2.05) is 25.1 Å². The standard InChI is InChI=1S/C11H11BrN4/c1-7-2-3-8(4-9(7)12)16-11-5-10(13)14-6-15-11/h2-6H,1H3,(H3,13,14,15,16). The van der Waals surface area contributed by atoms with Gasteiger partial charge in [0, 0.05) is 16.2 Å². The van der Waals surface area contributed by atoms with Crippen molar-refractivity contribution in [2.75, 3.05) is 11.1 Å². The Hall–Kier alpha value is -1.62. The lowest BCUT2D eigenvalue weighted by Crippen LogP contribution is -1.97. The van der Waals surface area contributed by atoms with E-state index in [-0.39, 0.29) is 0 Å². The zero-order chi connectivity index (χ0) is 11.5. The molecule has 0 spiro atoms. The highest BCUT2D eigenvalue weighted by Crippen LogP contribution is 2.22. The summed E-state index contributed by atoms with van der Waals surface area (Å²) in [6.07, 6.45) is 1.43. The molecule has 0 aliphatic rings. The summed E-state index contributed by atoms with van der Waals surface area (Å²) < 4.78 is 1.06. The smallest absolute Gasteiger partial charge is 0.135 e. The maximum absolute atomic E-state index is 5.57. The van der Waals surface area contributed by atoms with E-state index < -0.39 is 0 Å². The molecule has 4 nitrogen and oxygen atoms in total. The summed E-state index contributed by atoms with van der Waals surface area (Å²) in [7, 11) is 0. The molecule has 3 N–H and O–H groups in total. The first-order valence-corrected chi connectivity index (χ1v) is 5.55. The number of hydrogen-bond donors (Lipinski definition) is 2. The topological polar surface area (TPSA) is 63.8 Å². The van der Waals surface area contributed by atoms with Gasteiger partial charge in [0.1, 0.15) is 18.0 Å². The van der Waals surface area contributed by atoms with Crippen molar-refractivity contribution in [3.05, 3.63) is 40.6 Å². The fraction of sp³-hybridized carbons (Fsp3) is 0.0909. The Morgan fingerprint density at radius 1 is 1.25 bits per heavy atom. The number of halogens is 1. The lowest BCUT2D eigenvalue weighted by Gasteiger charge is -2.07. The Bertz CT molecular complexity index is 513. The Morgan fingerprint density at radius 3 is 2.75 bits per heavy atom. The predicted molar refractivity (Wildman–Crippen MR) is 68.6 cm³/mol. The average molecular weight is 279 g/mol. The van der Waals surface area contributed by atoms with Crippen LogP contribution in [0.3, 0.4) is 0 Å². The molecular weight excluding hydrogens is 268 g/mol. The monoisotopic (exact) mass is 278 g/mol. The first-order valence-electron chi connectivity index (χ1n) is 4.76. The highest BCUT2D eigenvalue weighted by Gasteiger charge is 1.99. The van der Waals surface area contributed by atoms with Crippen molar-refractivity contribution in [3.63, 3.8) is 0 Å². The lowest BCUT2D eigenvalue weighted by atomic mass is 10.2. The van der Waals surface area contributed by atoms with Gasteiger partial charge < -0.3 is 11.1 Å². The van der Waals surface area contributed by atoms with E-state index in [1.165, 1.54) is 11.9 Å². The third kappa shape index (κ3) is 2.49. The first-order chi connectivity index (χ1) is 7.65. The van der Waals surface area contributed by atoms with Crippen LogP contribution in [0.25, 0.3) is 0 Å². The van der Waals surface area contributed by atoms with Gasteiger partial charge >= 0.3 is 0 Å². The van der Waals surface area contributed by atoms with Crippen molar-refractivity contribution in [3.8, 4) is 0 Å². The Labute approximate surface area is 102 Å². The molecule has 2 aromatic rings. The summed E-state index contributed by atoms with van der Waals surface area (Å²) in [5.74, 6) is 1.13. The minimum atomic E-state index is 0.448. The number of nitrogens with one attached hydrogen (secondary N) is 1. The average Bonchev–Trinajstić information content (AvgIpc) is 2.24. The van der Waals surface area contributed by atoms with Crippen LogP contribution in [0.2, 0.25) is 0 Å². The fourth-order valence-corrected chi connectivity index (χ4v) is 1.64. The van der Waals surface area contributed by atoms with Gasteiger partial charge in [-0.3, -0.25) is 0 Å². The molecule has 1 aromatic heterocycles. The third-order valence-corrected chi connectivity index (χ3v) is 2.99. The molecule has 0 atom stereocenters. The van der Waals surface area contributed by atoms with E-state index in [1.54, 1.807) is 6.07 Å². The third-order valence-electron chi connectivity index (χ3n) is 2.13. The summed E-state index contributed by atoms with van der Waals surface area (Å²) in [4.78, 5) is 7.90. The molecule has 5 heteroatoms. The molecule has 0 saturated heterocycles. The Morgan fingerprint density at radius 2 is 2.06 bits per heavy atom. The van der Waals surface area contributed by atoms with Gasteiger partial charge in [0.15, 0.2) is 0 Å². The second-order valence-electron chi connectivity index (χ2n) is 3.42. The molecule has 0 radical (unpaired) electrons. The van der Waals surface area contributed by atoms with Gasteiger partial charge in [-0.25, -0.2) is 9.97 Å². The highest BCUT2D eigenvalue weighted by atomic mass is 79.9. The van der Waals surface area contributed by atoms with E-state index in [9.17, 15) is 0 Å². The van der Waals surface area contributed by atoms with E-state index in [0.29, 0.717) is 11.6 Å². The molecule has 1 aromatic carbocycles. The van der Waals surface area contributed by atoms with Gasteiger partial charge in [0.05, 0.1) is 0 Å². The van der Waals surface area contributed by atoms with E-state index in [0.717, 1.165) is 10.2 Å². The van der Waals surface area contributed by atoms with Crippen LogP contribution >= 0.6 is 15.9 Å². The molecule has 0 aliphatic heterocycles. The van der Waals surface area contributed by atoms with Crippen molar-refractivity contribution in [2.45, 2.75) is 6.92 Å². The second-order valence-corrected chi connectivity index (χ2v) is 4.27. The molecular formula is C11H11BrN4. The zero-order valence-corrected chi connectivity index (χ0v) is 10.3. The van der Waals surface area contributed by atoms with E-state index >= 15 is 0 Å². The highest BCUT2D eigenvalue weighted by molar-refractivity contribution is 9.10. The minimum Gasteiger partial charge on any atom is -0.384 e. The van der Waals surface area contributed by atoms with Gasteiger partial charge in [-0.05, 0) is 24.6 Å². The zero-order valence-electron chi connectivity index (χ0n) is 8.74. The SMILES string of the molecule is Cc1ccc(Nc2cc(N)ncn2)cc1Br.